The summed E-state index contributed by atoms with van der Waals surface area (Å²) in [6.45, 7) is 0.633. The number of H-pyrrole nitrogens is 1. The van der Waals surface area contributed by atoms with Crippen LogP contribution in [-0.2, 0) is 6.42 Å². The average molecular weight is 233 g/mol. The molecule has 0 spiro atoms. The van der Waals surface area contributed by atoms with E-state index in [1.54, 1.807) is 0 Å². The summed E-state index contributed by atoms with van der Waals surface area (Å²) in [5.41, 5.74) is 7.57. The second-order valence-electron chi connectivity index (χ2n) is 5.26. The Morgan fingerprint density at radius 3 is 2.53 bits per heavy atom. The van der Waals surface area contributed by atoms with Crippen LogP contribution in [0.15, 0.2) is 4.79 Å². The van der Waals surface area contributed by atoms with Gasteiger partial charge in [0, 0.05) is 17.4 Å². The second-order valence-corrected chi connectivity index (χ2v) is 5.26. The van der Waals surface area contributed by atoms with E-state index in [-0.39, 0.29) is 5.56 Å². The minimum absolute atomic E-state index is 0.0808. The summed E-state index contributed by atoms with van der Waals surface area (Å²) in [6, 6.07) is 0. The highest BCUT2D eigenvalue weighted by atomic mass is 16.1. The van der Waals surface area contributed by atoms with E-state index in [4.69, 9.17) is 10.7 Å². The Bertz CT molecular complexity index is 472. The van der Waals surface area contributed by atoms with Crippen LogP contribution < -0.4 is 11.3 Å². The molecular formula is C13H19N3O. The molecule has 1 aromatic rings. The fraction of sp³-hybridized carbons (Fsp3) is 0.692. The first-order valence-corrected chi connectivity index (χ1v) is 6.62. The van der Waals surface area contributed by atoms with E-state index < -0.39 is 0 Å². The van der Waals surface area contributed by atoms with Crippen molar-refractivity contribution in [2.45, 2.75) is 50.4 Å². The number of hydrogen-bond acceptors (Lipinski definition) is 3. The van der Waals surface area contributed by atoms with Crippen LogP contribution in [0.1, 0.15) is 61.0 Å². The maximum atomic E-state index is 12.1. The maximum absolute atomic E-state index is 12.1. The molecule has 1 heterocycles. The summed E-state index contributed by atoms with van der Waals surface area (Å²) in [5.74, 6) is 1.99. The van der Waals surface area contributed by atoms with Crippen LogP contribution in [0.3, 0.4) is 0 Å². The highest BCUT2D eigenvalue weighted by Crippen LogP contribution is 2.42. The highest BCUT2D eigenvalue weighted by molar-refractivity contribution is 5.27. The minimum atomic E-state index is 0.0808. The van der Waals surface area contributed by atoms with Gasteiger partial charge in [-0.15, -0.1) is 0 Å². The summed E-state index contributed by atoms with van der Waals surface area (Å²) >= 11 is 0. The van der Waals surface area contributed by atoms with E-state index in [9.17, 15) is 4.79 Å². The van der Waals surface area contributed by atoms with Crippen molar-refractivity contribution in [1.82, 2.24) is 9.97 Å². The Kier molecular flexibility index (Phi) is 2.74. The van der Waals surface area contributed by atoms with Crippen molar-refractivity contribution in [3.8, 4) is 0 Å². The number of aromatic amines is 1. The summed E-state index contributed by atoms with van der Waals surface area (Å²) in [6.07, 6.45) is 6.37. The predicted molar refractivity (Wildman–Crippen MR) is 66.2 cm³/mol. The first kappa shape index (κ1) is 11.0. The second kappa shape index (κ2) is 4.26. The molecule has 2 fully saturated rings. The van der Waals surface area contributed by atoms with Crippen molar-refractivity contribution in [3.05, 3.63) is 27.4 Å². The third kappa shape index (κ3) is 2.27. The standard InChI is InChI=1S/C13H19N3O/c14-7-1-2-10-11(8-3-4-8)15-12(9-5-6-9)16-13(10)17/h8-9H,1-7,14H2,(H,15,16,17). The highest BCUT2D eigenvalue weighted by Gasteiger charge is 2.32. The molecule has 17 heavy (non-hydrogen) atoms. The van der Waals surface area contributed by atoms with Gasteiger partial charge in [-0.05, 0) is 45.1 Å². The summed E-state index contributed by atoms with van der Waals surface area (Å²) in [5, 5.41) is 0. The molecule has 3 rings (SSSR count). The van der Waals surface area contributed by atoms with Gasteiger partial charge >= 0.3 is 0 Å². The number of nitrogens with zero attached hydrogens (tertiary/aromatic N) is 1. The van der Waals surface area contributed by atoms with Gasteiger partial charge in [0.15, 0.2) is 0 Å². The number of aromatic nitrogens is 2. The molecule has 0 amide bonds. The molecule has 2 aliphatic rings. The van der Waals surface area contributed by atoms with Crippen LogP contribution in [-0.4, -0.2) is 16.5 Å². The molecule has 0 bridgehead atoms. The third-order valence-electron chi connectivity index (χ3n) is 3.62. The lowest BCUT2D eigenvalue weighted by Gasteiger charge is -2.08. The molecule has 3 N–H and O–H groups in total. The number of nitrogens with two attached hydrogens (primary N) is 1. The molecule has 0 saturated heterocycles. The lowest BCUT2D eigenvalue weighted by Crippen LogP contribution is -2.20. The molecule has 0 atom stereocenters. The lowest BCUT2D eigenvalue weighted by molar-refractivity contribution is 0.768. The molecule has 92 valence electrons. The summed E-state index contributed by atoms with van der Waals surface area (Å²) < 4.78 is 0. The van der Waals surface area contributed by atoms with E-state index >= 15 is 0 Å². The van der Waals surface area contributed by atoms with Crippen LogP contribution in [0.25, 0.3) is 0 Å². The molecule has 4 heteroatoms. The average Bonchev–Trinajstić information content (AvgIpc) is 3.19. The molecule has 0 unspecified atom stereocenters. The number of rotatable bonds is 5. The molecule has 4 nitrogen and oxygen atoms in total. The molecule has 1 aromatic heterocycles. The third-order valence-corrected chi connectivity index (χ3v) is 3.62. The first-order valence-electron chi connectivity index (χ1n) is 6.62. The molecule has 0 radical (unpaired) electrons. The monoisotopic (exact) mass is 233 g/mol. The van der Waals surface area contributed by atoms with Gasteiger partial charge in [-0.3, -0.25) is 4.79 Å². The zero-order chi connectivity index (χ0) is 11.8. The Morgan fingerprint density at radius 2 is 1.94 bits per heavy atom. The van der Waals surface area contributed by atoms with Gasteiger partial charge < -0.3 is 10.7 Å². The first-order chi connectivity index (χ1) is 8.29. The van der Waals surface area contributed by atoms with Gasteiger partial charge in [0.05, 0.1) is 5.69 Å². The molecule has 0 aromatic carbocycles. The predicted octanol–water partition coefficient (Wildman–Crippen LogP) is 1.42. The van der Waals surface area contributed by atoms with E-state index in [0.717, 1.165) is 29.9 Å². The van der Waals surface area contributed by atoms with Crippen molar-refractivity contribution in [2.24, 2.45) is 5.73 Å². The summed E-state index contributed by atoms with van der Waals surface area (Å²) in [4.78, 5) is 19.8. The Hall–Kier alpha value is -1.16. The Morgan fingerprint density at radius 1 is 1.24 bits per heavy atom. The van der Waals surface area contributed by atoms with Crippen molar-refractivity contribution in [1.29, 1.82) is 0 Å². The zero-order valence-corrected chi connectivity index (χ0v) is 10.0. The van der Waals surface area contributed by atoms with Crippen LogP contribution in [0, 0.1) is 0 Å². The fourth-order valence-electron chi connectivity index (χ4n) is 2.30. The van der Waals surface area contributed by atoms with Crippen molar-refractivity contribution < 1.29 is 0 Å². The zero-order valence-electron chi connectivity index (χ0n) is 10.0. The minimum Gasteiger partial charge on any atom is -0.330 e. The van der Waals surface area contributed by atoms with Crippen LogP contribution in [0.2, 0.25) is 0 Å². The molecule has 2 saturated carbocycles. The van der Waals surface area contributed by atoms with Crippen molar-refractivity contribution in [2.75, 3.05) is 6.54 Å². The van der Waals surface area contributed by atoms with E-state index in [1.807, 2.05) is 0 Å². The number of nitrogens with one attached hydrogen (secondary N) is 1. The van der Waals surface area contributed by atoms with Gasteiger partial charge in [0.1, 0.15) is 5.82 Å². The fourth-order valence-corrected chi connectivity index (χ4v) is 2.30. The maximum Gasteiger partial charge on any atom is 0.254 e. The van der Waals surface area contributed by atoms with Gasteiger partial charge in [-0.25, -0.2) is 4.98 Å². The summed E-state index contributed by atoms with van der Waals surface area (Å²) in [7, 11) is 0. The van der Waals surface area contributed by atoms with E-state index in [0.29, 0.717) is 18.4 Å². The smallest absolute Gasteiger partial charge is 0.254 e. The van der Waals surface area contributed by atoms with Crippen molar-refractivity contribution >= 4 is 0 Å². The SMILES string of the molecule is NCCCc1c(C2CC2)nc(C2CC2)[nH]c1=O. The topological polar surface area (TPSA) is 71.8 Å². The van der Waals surface area contributed by atoms with Crippen LogP contribution in [0.4, 0.5) is 0 Å². The van der Waals surface area contributed by atoms with Gasteiger partial charge in [0.25, 0.3) is 5.56 Å². The van der Waals surface area contributed by atoms with Crippen LogP contribution >= 0.6 is 0 Å². The van der Waals surface area contributed by atoms with Crippen molar-refractivity contribution in [3.63, 3.8) is 0 Å². The van der Waals surface area contributed by atoms with Crippen LogP contribution in [0.5, 0.6) is 0 Å². The lowest BCUT2D eigenvalue weighted by atomic mass is 10.1. The van der Waals surface area contributed by atoms with Gasteiger partial charge in [0.2, 0.25) is 0 Å². The Labute approximate surface area is 101 Å². The number of hydrogen-bond donors (Lipinski definition) is 2. The van der Waals surface area contributed by atoms with E-state index in [1.165, 1.54) is 25.7 Å². The largest absolute Gasteiger partial charge is 0.330 e. The molecule has 0 aliphatic heterocycles. The molecular weight excluding hydrogens is 214 g/mol. The van der Waals surface area contributed by atoms with Gasteiger partial charge in [-0.1, -0.05) is 0 Å². The normalized spacial score (nSPS) is 19.6. The molecule has 2 aliphatic carbocycles. The Balaban J connectivity index is 1.96. The van der Waals surface area contributed by atoms with E-state index in [2.05, 4.69) is 4.98 Å². The quantitative estimate of drug-likeness (QED) is 0.807. The van der Waals surface area contributed by atoms with Gasteiger partial charge in [-0.2, -0.15) is 0 Å².